The van der Waals surface area contributed by atoms with Gasteiger partial charge in [0.2, 0.25) is 5.75 Å². The molecule has 1 unspecified atom stereocenters. The summed E-state index contributed by atoms with van der Waals surface area (Å²) >= 11 is 0. The van der Waals surface area contributed by atoms with Crippen LogP contribution in [0.1, 0.15) is 13.8 Å². The van der Waals surface area contributed by atoms with Crippen molar-refractivity contribution in [3.05, 3.63) is 58.8 Å². The third kappa shape index (κ3) is 3.82. The highest BCUT2D eigenvalue weighted by Crippen LogP contribution is 2.25. The lowest BCUT2D eigenvalue weighted by Gasteiger charge is -2.24. The highest BCUT2D eigenvalue weighted by molar-refractivity contribution is 5.96. The van der Waals surface area contributed by atoms with E-state index in [-0.39, 0.29) is 11.7 Å². The number of hydrogen-bond donors (Lipinski definition) is 0. The Kier molecular flexibility index (Phi) is 5.24. The summed E-state index contributed by atoms with van der Waals surface area (Å²) < 4.78 is 5.48. The molecule has 0 aliphatic rings. The number of ether oxygens (including phenoxy) is 1. The van der Waals surface area contributed by atoms with E-state index in [1.807, 2.05) is 37.3 Å². The Bertz CT molecular complexity index is 691. The molecule has 0 radical (unpaired) electrons. The second-order valence-electron chi connectivity index (χ2n) is 4.76. The molecular weight excluding hydrogens is 298 g/mol. The Hall–Kier alpha value is -2.96. The average molecular weight is 315 g/mol. The number of para-hydroxylation sites is 1. The Morgan fingerprint density at radius 3 is 2.61 bits per heavy atom. The number of likely N-dealkylation sites (N-methyl/N-ethyl adjacent to an activating group) is 1. The lowest BCUT2D eigenvalue weighted by Crippen LogP contribution is -2.40. The Morgan fingerprint density at radius 2 is 2.00 bits per heavy atom. The van der Waals surface area contributed by atoms with Crippen LogP contribution >= 0.6 is 0 Å². The molecule has 0 aliphatic heterocycles. The Labute approximate surface area is 133 Å². The van der Waals surface area contributed by atoms with Crippen LogP contribution in [0.2, 0.25) is 0 Å². The van der Waals surface area contributed by atoms with Crippen LogP contribution in [0.15, 0.2) is 48.7 Å². The van der Waals surface area contributed by atoms with Gasteiger partial charge >= 0.3 is 5.82 Å². The first-order valence-electron chi connectivity index (χ1n) is 7.17. The van der Waals surface area contributed by atoms with E-state index in [4.69, 9.17) is 4.74 Å². The molecule has 0 saturated heterocycles. The van der Waals surface area contributed by atoms with Gasteiger partial charge < -0.3 is 19.8 Å². The zero-order valence-corrected chi connectivity index (χ0v) is 12.9. The molecule has 120 valence electrons. The van der Waals surface area contributed by atoms with E-state index in [9.17, 15) is 14.9 Å². The van der Waals surface area contributed by atoms with Gasteiger partial charge in [0.05, 0.1) is 0 Å². The molecule has 2 aromatic rings. The van der Waals surface area contributed by atoms with Gasteiger partial charge in [-0.05, 0) is 48.0 Å². The number of aromatic nitrogens is 1. The second-order valence-corrected chi connectivity index (χ2v) is 4.76. The molecule has 0 N–H and O–H groups in total. The predicted molar refractivity (Wildman–Crippen MR) is 85.5 cm³/mol. The minimum absolute atomic E-state index is 0.0255. The summed E-state index contributed by atoms with van der Waals surface area (Å²) in [5, 5.41) is 11.0. The van der Waals surface area contributed by atoms with Crippen LogP contribution in [-0.4, -0.2) is 28.5 Å². The first-order valence-corrected chi connectivity index (χ1v) is 7.17. The standard InChI is InChI=1S/C16H17N3O4/c1-3-18(13-8-5-4-6-9-13)16(20)12(2)23-14-10-7-11-17-15(14)19(21)22/h4-12H,3H2,1-2H3. The molecule has 1 heterocycles. The number of nitrogens with zero attached hydrogens (tertiary/aromatic N) is 3. The molecule has 7 heteroatoms. The summed E-state index contributed by atoms with van der Waals surface area (Å²) in [6.07, 6.45) is 0.429. The first-order chi connectivity index (χ1) is 11.0. The van der Waals surface area contributed by atoms with Gasteiger partial charge in [0, 0.05) is 12.2 Å². The van der Waals surface area contributed by atoms with E-state index in [1.165, 1.54) is 18.3 Å². The molecule has 0 fully saturated rings. The molecule has 1 amide bonds. The number of rotatable bonds is 6. The van der Waals surface area contributed by atoms with Gasteiger partial charge in [-0.15, -0.1) is 0 Å². The molecule has 0 spiro atoms. The Balaban J connectivity index is 2.18. The van der Waals surface area contributed by atoms with Crippen LogP contribution in [0.25, 0.3) is 0 Å². The van der Waals surface area contributed by atoms with Gasteiger partial charge in [-0.2, -0.15) is 0 Å². The van der Waals surface area contributed by atoms with Crippen molar-refractivity contribution in [1.29, 1.82) is 0 Å². The van der Waals surface area contributed by atoms with Gasteiger partial charge in [-0.25, -0.2) is 0 Å². The van der Waals surface area contributed by atoms with Crippen molar-refractivity contribution in [1.82, 2.24) is 4.98 Å². The van der Waals surface area contributed by atoms with Crippen LogP contribution < -0.4 is 9.64 Å². The van der Waals surface area contributed by atoms with E-state index in [2.05, 4.69) is 4.98 Å². The molecule has 23 heavy (non-hydrogen) atoms. The van der Waals surface area contributed by atoms with Crippen molar-refractivity contribution < 1.29 is 14.5 Å². The molecule has 1 aromatic heterocycles. The topological polar surface area (TPSA) is 85.6 Å². The van der Waals surface area contributed by atoms with E-state index in [0.29, 0.717) is 6.54 Å². The van der Waals surface area contributed by atoms with Crippen LogP contribution in [-0.2, 0) is 4.79 Å². The molecule has 1 atom stereocenters. The van der Waals surface area contributed by atoms with Gasteiger partial charge in [0.25, 0.3) is 5.91 Å². The molecule has 1 aromatic carbocycles. The molecule has 0 bridgehead atoms. The van der Waals surface area contributed by atoms with Crippen molar-refractivity contribution in [2.24, 2.45) is 0 Å². The van der Waals surface area contributed by atoms with E-state index < -0.39 is 16.8 Å². The molecule has 7 nitrogen and oxygen atoms in total. The SMILES string of the molecule is CCN(C(=O)C(C)Oc1cccnc1[N+](=O)[O-])c1ccccc1. The normalized spacial score (nSPS) is 11.6. The van der Waals surface area contributed by atoms with Crippen molar-refractivity contribution in [2.45, 2.75) is 20.0 Å². The number of nitro groups is 1. The smallest absolute Gasteiger partial charge is 0.406 e. The van der Waals surface area contributed by atoms with E-state index >= 15 is 0 Å². The largest absolute Gasteiger partial charge is 0.473 e. The summed E-state index contributed by atoms with van der Waals surface area (Å²) in [6.45, 7) is 3.88. The number of benzene rings is 1. The zero-order valence-electron chi connectivity index (χ0n) is 12.9. The molecule has 0 saturated carbocycles. The minimum atomic E-state index is -0.877. The highest BCUT2D eigenvalue weighted by Gasteiger charge is 2.25. The van der Waals surface area contributed by atoms with Crippen LogP contribution in [0.5, 0.6) is 5.75 Å². The van der Waals surface area contributed by atoms with Gasteiger partial charge in [0.1, 0.15) is 6.20 Å². The van der Waals surface area contributed by atoms with Crippen molar-refractivity contribution in [3.63, 3.8) is 0 Å². The van der Waals surface area contributed by atoms with Crippen molar-refractivity contribution in [3.8, 4) is 5.75 Å². The summed E-state index contributed by atoms with van der Waals surface area (Å²) in [7, 11) is 0. The van der Waals surface area contributed by atoms with Crippen molar-refractivity contribution in [2.75, 3.05) is 11.4 Å². The average Bonchev–Trinajstić information content (AvgIpc) is 2.56. The Morgan fingerprint density at radius 1 is 1.30 bits per heavy atom. The lowest BCUT2D eigenvalue weighted by molar-refractivity contribution is -0.390. The summed E-state index contributed by atoms with van der Waals surface area (Å²) in [6, 6.07) is 12.1. The van der Waals surface area contributed by atoms with Crippen LogP contribution in [0.4, 0.5) is 11.5 Å². The van der Waals surface area contributed by atoms with Crippen LogP contribution in [0.3, 0.4) is 0 Å². The zero-order chi connectivity index (χ0) is 16.8. The number of hydrogen-bond acceptors (Lipinski definition) is 5. The maximum atomic E-state index is 12.6. The van der Waals surface area contributed by atoms with E-state index in [1.54, 1.807) is 11.8 Å². The number of pyridine rings is 1. The fraction of sp³-hybridized carbons (Fsp3) is 0.250. The van der Waals surface area contributed by atoms with E-state index in [0.717, 1.165) is 5.69 Å². The number of carbonyl (C=O) groups excluding carboxylic acids is 1. The minimum Gasteiger partial charge on any atom is -0.473 e. The molecule has 2 rings (SSSR count). The van der Waals surface area contributed by atoms with Crippen LogP contribution in [0, 0.1) is 10.1 Å². The summed E-state index contributed by atoms with van der Waals surface area (Å²) in [5.74, 6) is -0.714. The highest BCUT2D eigenvalue weighted by atomic mass is 16.6. The second kappa shape index (κ2) is 7.35. The maximum Gasteiger partial charge on any atom is 0.406 e. The fourth-order valence-electron chi connectivity index (χ4n) is 2.15. The lowest BCUT2D eigenvalue weighted by atomic mass is 10.2. The number of carbonyl (C=O) groups is 1. The van der Waals surface area contributed by atoms with Gasteiger partial charge in [-0.1, -0.05) is 18.2 Å². The summed E-state index contributed by atoms with van der Waals surface area (Å²) in [4.78, 5) is 28.1. The first kappa shape index (κ1) is 16.4. The summed E-state index contributed by atoms with van der Waals surface area (Å²) in [5.41, 5.74) is 0.746. The maximum absolute atomic E-state index is 12.6. The monoisotopic (exact) mass is 315 g/mol. The fourth-order valence-corrected chi connectivity index (χ4v) is 2.15. The number of anilines is 1. The van der Waals surface area contributed by atoms with Crippen molar-refractivity contribution >= 4 is 17.4 Å². The molecule has 0 aliphatic carbocycles. The van der Waals surface area contributed by atoms with Gasteiger partial charge in [-0.3, -0.25) is 4.79 Å². The number of amides is 1. The predicted octanol–water partition coefficient (Wildman–Crippen LogP) is 2.81. The third-order valence-corrected chi connectivity index (χ3v) is 3.23. The molecular formula is C16H17N3O4. The third-order valence-electron chi connectivity index (χ3n) is 3.23. The van der Waals surface area contributed by atoms with Gasteiger partial charge in [0.15, 0.2) is 6.10 Å². The quantitative estimate of drug-likeness (QED) is 0.604.